The van der Waals surface area contributed by atoms with Crippen LogP contribution in [0.15, 0.2) is 6.07 Å². The fraction of sp³-hybridized carbons (Fsp3) is 0.545. The minimum atomic E-state index is -4.57. The highest BCUT2D eigenvalue weighted by Crippen LogP contribution is 2.43. The van der Waals surface area contributed by atoms with Crippen molar-refractivity contribution in [1.82, 2.24) is 20.4 Å². The summed E-state index contributed by atoms with van der Waals surface area (Å²) in [4.78, 5) is 25.5. The molecule has 194 valence electrons. The molecule has 2 fully saturated rings. The highest BCUT2D eigenvalue weighted by molar-refractivity contribution is 7.80. The van der Waals surface area contributed by atoms with E-state index >= 15 is 0 Å². The van der Waals surface area contributed by atoms with Crippen LogP contribution in [0.3, 0.4) is 0 Å². The number of alkyl halides is 3. The Hall–Kier alpha value is -2.87. The number of amides is 2. The maximum Gasteiger partial charge on any atom is 0.435 e. The van der Waals surface area contributed by atoms with E-state index in [9.17, 15) is 22.8 Å². The van der Waals surface area contributed by atoms with E-state index in [-0.39, 0.29) is 41.3 Å². The SMILES string of the molecule is Cn1nc(C(F)(F)F)cc1NC(=S)NC1COc2sc(NC(=O)C3CC3)c(C(=O)NCC3CC3)c2C1. The van der Waals surface area contributed by atoms with E-state index in [4.69, 9.17) is 17.0 Å². The highest BCUT2D eigenvalue weighted by atomic mass is 32.1. The summed E-state index contributed by atoms with van der Waals surface area (Å²) >= 11 is 6.54. The molecule has 0 aromatic carbocycles. The van der Waals surface area contributed by atoms with Gasteiger partial charge in [0, 0.05) is 37.6 Å². The molecule has 0 radical (unpaired) electrons. The summed E-state index contributed by atoms with van der Waals surface area (Å²) in [5, 5.41) is 16.2. The minimum Gasteiger partial charge on any atom is -0.481 e. The lowest BCUT2D eigenvalue weighted by Gasteiger charge is -2.25. The molecule has 2 amide bonds. The number of fused-ring (bicyclic) bond motifs is 1. The molecule has 1 unspecified atom stereocenters. The van der Waals surface area contributed by atoms with Crippen molar-refractivity contribution in [3.05, 3.63) is 22.9 Å². The summed E-state index contributed by atoms with van der Waals surface area (Å²) < 4.78 is 45.8. The summed E-state index contributed by atoms with van der Waals surface area (Å²) in [5.41, 5.74) is 0.0455. The number of ether oxygens (including phenoxy) is 1. The van der Waals surface area contributed by atoms with E-state index in [0.29, 0.717) is 40.1 Å². The number of thiocarbonyl (C=S) groups is 1. The maximum atomic E-state index is 13.1. The topological polar surface area (TPSA) is 109 Å². The maximum absolute atomic E-state index is 13.1. The van der Waals surface area contributed by atoms with Crippen LogP contribution in [0.1, 0.15) is 47.3 Å². The molecule has 3 heterocycles. The second kappa shape index (κ2) is 9.54. The molecule has 0 bridgehead atoms. The van der Waals surface area contributed by atoms with E-state index in [2.05, 4.69) is 26.4 Å². The van der Waals surface area contributed by atoms with Crippen LogP contribution in [-0.2, 0) is 24.4 Å². The summed E-state index contributed by atoms with van der Waals surface area (Å²) in [6, 6.07) is 0.531. The zero-order valence-corrected chi connectivity index (χ0v) is 21.0. The number of nitrogens with one attached hydrogen (secondary N) is 4. The van der Waals surface area contributed by atoms with E-state index in [1.807, 2.05) is 0 Å². The molecule has 1 aliphatic heterocycles. The molecule has 36 heavy (non-hydrogen) atoms. The van der Waals surface area contributed by atoms with Gasteiger partial charge in [0.15, 0.2) is 15.9 Å². The fourth-order valence-electron chi connectivity index (χ4n) is 3.92. The Morgan fingerprint density at radius 3 is 2.64 bits per heavy atom. The van der Waals surface area contributed by atoms with Gasteiger partial charge in [0.2, 0.25) is 5.91 Å². The second-order valence-electron chi connectivity index (χ2n) is 9.34. The third-order valence-electron chi connectivity index (χ3n) is 6.24. The molecular formula is C22H25F3N6O3S2. The number of carbonyl (C=O) groups excluding carboxylic acids is 2. The van der Waals surface area contributed by atoms with Crippen LogP contribution in [0.5, 0.6) is 5.06 Å². The molecule has 2 aromatic heterocycles. The first-order valence-electron chi connectivity index (χ1n) is 11.6. The van der Waals surface area contributed by atoms with Crippen molar-refractivity contribution in [2.45, 2.75) is 44.3 Å². The number of aromatic nitrogens is 2. The Morgan fingerprint density at radius 2 is 2.00 bits per heavy atom. The largest absolute Gasteiger partial charge is 0.481 e. The Labute approximate surface area is 214 Å². The van der Waals surface area contributed by atoms with Crippen molar-refractivity contribution in [2.75, 3.05) is 23.8 Å². The van der Waals surface area contributed by atoms with Gasteiger partial charge in [0.25, 0.3) is 5.91 Å². The average Bonchev–Trinajstić information content (AvgIpc) is 3.72. The van der Waals surface area contributed by atoms with Crippen LogP contribution in [0, 0.1) is 11.8 Å². The van der Waals surface area contributed by atoms with Crippen LogP contribution in [0.4, 0.5) is 24.0 Å². The second-order valence-corrected chi connectivity index (χ2v) is 10.7. The number of rotatable bonds is 7. The molecule has 4 N–H and O–H groups in total. The Bertz CT molecular complexity index is 1200. The number of aryl methyl sites for hydroxylation is 1. The molecule has 2 saturated carbocycles. The number of carbonyl (C=O) groups is 2. The van der Waals surface area contributed by atoms with Crippen molar-refractivity contribution in [3.8, 4) is 5.06 Å². The molecule has 3 aliphatic rings. The Kier molecular flexibility index (Phi) is 6.57. The van der Waals surface area contributed by atoms with Gasteiger partial charge in [-0.15, -0.1) is 0 Å². The van der Waals surface area contributed by atoms with E-state index in [1.54, 1.807) is 0 Å². The zero-order valence-electron chi connectivity index (χ0n) is 19.3. The van der Waals surface area contributed by atoms with Gasteiger partial charge in [-0.05, 0) is 43.8 Å². The van der Waals surface area contributed by atoms with Gasteiger partial charge in [0.1, 0.15) is 17.4 Å². The van der Waals surface area contributed by atoms with E-state index in [0.717, 1.165) is 36.4 Å². The molecule has 9 nitrogen and oxygen atoms in total. The van der Waals surface area contributed by atoms with Crippen LogP contribution in [0.25, 0.3) is 0 Å². The molecule has 14 heteroatoms. The number of hydrogen-bond donors (Lipinski definition) is 4. The van der Waals surface area contributed by atoms with Crippen LogP contribution in [0.2, 0.25) is 0 Å². The van der Waals surface area contributed by atoms with Crippen LogP contribution in [-0.4, -0.2) is 45.9 Å². The molecule has 0 spiro atoms. The predicted molar refractivity (Wildman–Crippen MR) is 131 cm³/mol. The predicted octanol–water partition coefficient (Wildman–Crippen LogP) is 3.28. The highest BCUT2D eigenvalue weighted by Gasteiger charge is 2.36. The van der Waals surface area contributed by atoms with Crippen molar-refractivity contribution >= 4 is 51.3 Å². The summed E-state index contributed by atoms with van der Waals surface area (Å²) in [6.45, 7) is 0.814. The zero-order chi connectivity index (χ0) is 25.6. The first-order chi connectivity index (χ1) is 17.1. The minimum absolute atomic E-state index is 0.0184. The standard InChI is InChI=1S/C22H25F3N6O3S2/c1-31-15(7-14(30-31)22(23,24)25)28-21(35)27-12-6-13-16(18(33)26-8-10-2-3-10)19(36-20(13)34-9-12)29-17(32)11-4-5-11/h7,10-12H,2-6,8-9H2,1H3,(H,26,33)(H,29,32)(H2,27,28,35). The molecule has 5 rings (SSSR count). The summed E-state index contributed by atoms with van der Waals surface area (Å²) in [6.07, 6.45) is -0.314. The lowest BCUT2D eigenvalue weighted by atomic mass is 10.0. The molecule has 0 saturated heterocycles. The normalized spacial score (nSPS) is 19.2. The first-order valence-corrected chi connectivity index (χ1v) is 12.9. The van der Waals surface area contributed by atoms with Gasteiger partial charge in [0.05, 0.1) is 11.6 Å². The quantitative estimate of drug-likeness (QED) is 0.398. The molecular weight excluding hydrogens is 517 g/mol. The lowest BCUT2D eigenvalue weighted by Crippen LogP contribution is -2.44. The Balaban J connectivity index is 1.29. The van der Waals surface area contributed by atoms with E-state index < -0.39 is 11.9 Å². The van der Waals surface area contributed by atoms with Crippen LogP contribution >= 0.6 is 23.6 Å². The summed E-state index contributed by atoms with van der Waals surface area (Å²) in [7, 11) is 1.38. The fourth-order valence-corrected chi connectivity index (χ4v) is 5.28. The lowest BCUT2D eigenvalue weighted by molar-refractivity contribution is -0.141. The smallest absolute Gasteiger partial charge is 0.435 e. The van der Waals surface area contributed by atoms with Crippen molar-refractivity contribution in [2.24, 2.45) is 18.9 Å². The first kappa shape index (κ1) is 24.8. The van der Waals surface area contributed by atoms with Crippen LogP contribution < -0.4 is 26.0 Å². The van der Waals surface area contributed by atoms with Crippen molar-refractivity contribution in [3.63, 3.8) is 0 Å². The van der Waals surface area contributed by atoms with Gasteiger partial charge < -0.3 is 26.0 Å². The van der Waals surface area contributed by atoms with Crippen molar-refractivity contribution < 1.29 is 27.5 Å². The molecule has 1 atom stereocenters. The van der Waals surface area contributed by atoms with Gasteiger partial charge in [-0.3, -0.25) is 14.3 Å². The molecule has 2 aromatic rings. The number of thiophene rings is 1. The number of anilines is 2. The van der Waals surface area contributed by atoms with Gasteiger partial charge >= 0.3 is 6.18 Å². The van der Waals surface area contributed by atoms with Gasteiger partial charge in [-0.2, -0.15) is 18.3 Å². The number of hydrogen-bond acceptors (Lipinski definition) is 6. The van der Waals surface area contributed by atoms with Crippen molar-refractivity contribution in [1.29, 1.82) is 0 Å². The van der Waals surface area contributed by atoms with Gasteiger partial charge in [-0.25, -0.2) is 0 Å². The number of halogens is 3. The Morgan fingerprint density at radius 1 is 1.25 bits per heavy atom. The molecule has 2 aliphatic carbocycles. The third kappa shape index (κ3) is 5.59. The summed E-state index contributed by atoms with van der Waals surface area (Å²) in [5.74, 6) is 0.198. The van der Waals surface area contributed by atoms with Gasteiger partial charge in [-0.1, -0.05) is 11.3 Å². The number of nitrogens with zero attached hydrogens (tertiary/aromatic N) is 2. The average molecular weight is 543 g/mol. The third-order valence-corrected chi connectivity index (χ3v) is 7.52. The monoisotopic (exact) mass is 542 g/mol. The van der Waals surface area contributed by atoms with E-state index in [1.165, 1.54) is 18.4 Å².